The van der Waals surface area contributed by atoms with E-state index in [1.54, 1.807) is 0 Å². The van der Waals surface area contributed by atoms with E-state index >= 15 is 0 Å². The Hall–Kier alpha value is -1.66. The molecule has 0 saturated carbocycles. The third-order valence-electron chi connectivity index (χ3n) is 4.40. The van der Waals surface area contributed by atoms with Gasteiger partial charge in [0.2, 0.25) is 5.91 Å². The van der Waals surface area contributed by atoms with Gasteiger partial charge < -0.3 is 14.6 Å². The number of nitrogens with zero attached hydrogens (tertiary/aromatic N) is 2. The molecule has 6 heteroatoms. The lowest BCUT2D eigenvalue weighted by Gasteiger charge is -2.20. The van der Waals surface area contributed by atoms with E-state index in [4.69, 9.17) is 4.42 Å². The summed E-state index contributed by atoms with van der Waals surface area (Å²) in [7, 11) is 2.16. The maximum absolute atomic E-state index is 12.2. The van der Waals surface area contributed by atoms with Crippen molar-refractivity contribution < 1.29 is 9.21 Å². The van der Waals surface area contributed by atoms with Crippen LogP contribution in [0.25, 0.3) is 10.8 Å². The highest BCUT2D eigenvalue weighted by molar-refractivity contribution is 7.13. The van der Waals surface area contributed by atoms with E-state index in [0.29, 0.717) is 12.3 Å². The molecule has 1 N–H and O–H groups in total. The van der Waals surface area contributed by atoms with E-state index in [0.717, 1.165) is 41.9 Å². The number of carbonyl (C=O) groups excluding carboxylic acids is 1. The van der Waals surface area contributed by atoms with Gasteiger partial charge in [0.15, 0.2) is 10.8 Å². The van der Waals surface area contributed by atoms with Gasteiger partial charge in [0.25, 0.3) is 0 Å². The molecule has 1 aliphatic rings. The van der Waals surface area contributed by atoms with Crippen LogP contribution in [0.4, 0.5) is 0 Å². The molecule has 2 aromatic heterocycles. The van der Waals surface area contributed by atoms with Crippen LogP contribution >= 0.6 is 11.3 Å². The average molecular weight is 347 g/mol. The topological polar surface area (TPSA) is 58.4 Å². The molecule has 0 aromatic carbocycles. The first-order valence-corrected chi connectivity index (χ1v) is 9.44. The van der Waals surface area contributed by atoms with E-state index in [2.05, 4.69) is 22.2 Å². The van der Waals surface area contributed by atoms with Crippen LogP contribution < -0.4 is 5.32 Å². The minimum atomic E-state index is 0.0503. The maximum Gasteiger partial charge on any atom is 0.226 e. The van der Waals surface area contributed by atoms with Crippen molar-refractivity contribution >= 4 is 17.2 Å². The van der Waals surface area contributed by atoms with E-state index in [9.17, 15) is 4.79 Å². The zero-order valence-corrected chi connectivity index (χ0v) is 15.2. The number of aryl methyl sites for hydroxylation is 1. The monoisotopic (exact) mass is 347 g/mol. The molecule has 1 aliphatic heterocycles. The Morgan fingerprint density at radius 3 is 3.12 bits per heavy atom. The van der Waals surface area contributed by atoms with E-state index in [1.807, 2.05) is 24.4 Å². The highest BCUT2D eigenvalue weighted by atomic mass is 32.1. The van der Waals surface area contributed by atoms with E-state index < -0.39 is 0 Å². The molecule has 5 nitrogen and oxygen atoms in total. The molecule has 0 radical (unpaired) electrons. The quantitative estimate of drug-likeness (QED) is 0.903. The molecule has 3 heterocycles. The van der Waals surface area contributed by atoms with Gasteiger partial charge in [-0.2, -0.15) is 0 Å². The number of nitrogens with one attached hydrogen (secondary N) is 1. The SMILES string of the molecule is Cc1ccc(-c2nc(CC(=O)NCC3CCCCN(C)C3)cs2)o1. The van der Waals surface area contributed by atoms with Crippen molar-refractivity contribution in [3.63, 3.8) is 0 Å². The molecule has 24 heavy (non-hydrogen) atoms. The maximum atomic E-state index is 12.2. The number of thiazole rings is 1. The molecule has 0 aliphatic carbocycles. The van der Waals surface area contributed by atoms with Gasteiger partial charge in [-0.3, -0.25) is 4.79 Å². The van der Waals surface area contributed by atoms with Gasteiger partial charge in [-0.15, -0.1) is 11.3 Å². The Labute approximate surface area is 147 Å². The fourth-order valence-corrected chi connectivity index (χ4v) is 3.92. The molecular weight excluding hydrogens is 322 g/mol. The van der Waals surface area contributed by atoms with E-state index in [1.165, 1.54) is 30.6 Å². The minimum Gasteiger partial charge on any atom is -0.459 e. The lowest BCUT2D eigenvalue weighted by Crippen LogP contribution is -2.35. The highest BCUT2D eigenvalue weighted by Gasteiger charge is 2.17. The second-order valence-electron chi connectivity index (χ2n) is 6.66. The number of rotatable bonds is 5. The predicted octanol–water partition coefficient (Wildman–Crippen LogP) is 3.10. The molecule has 130 valence electrons. The number of hydrogen-bond acceptors (Lipinski definition) is 5. The summed E-state index contributed by atoms with van der Waals surface area (Å²) in [6.45, 7) is 4.91. The van der Waals surface area contributed by atoms with Gasteiger partial charge >= 0.3 is 0 Å². The van der Waals surface area contributed by atoms with Gasteiger partial charge in [-0.05, 0) is 51.4 Å². The van der Waals surface area contributed by atoms with Crippen LogP contribution in [0, 0.1) is 12.8 Å². The van der Waals surface area contributed by atoms with Crippen LogP contribution in [0.3, 0.4) is 0 Å². The number of aromatic nitrogens is 1. The Morgan fingerprint density at radius 1 is 1.46 bits per heavy atom. The summed E-state index contributed by atoms with van der Waals surface area (Å²) in [5.74, 6) is 2.24. The number of hydrogen-bond donors (Lipinski definition) is 1. The predicted molar refractivity (Wildman–Crippen MR) is 96.1 cm³/mol. The fraction of sp³-hybridized carbons (Fsp3) is 0.556. The summed E-state index contributed by atoms with van der Waals surface area (Å²) in [4.78, 5) is 19.1. The molecule has 1 atom stereocenters. The van der Waals surface area contributed by atoms with Crippen molar-refractivity contribution in [2.45, 2.75) is 32.6 Å². The molecule has 1 amide bonds. The smallest absolute Gasteiger partial charge is 0.226 e. The molecule has 1 fully saturated rings. The molecule has 0 spiro atoms. The van der Waals surface area contributed by atoms with Gasteiger partial charge in [0.1, 0.15) is 5.76 Å². The highest BCUT2D eigenvalue weighted by Crippen LogP contribution is 2.25. The van der Waals surface area contributed by atoms with Crippen molar-refractivity contribution in [3.8, 4) is 10.8 Å². The van der Waals surface area contributed by atoms with Crippen molar-refractivity contribution in [2.24, 2.45) is 5.92 Å². The number of furan rings is 1. The second kappa shape index (κ2) is 7.94. The molecule has 1 unspecified atom stereocenters. The molecule has 2 aromatic rings. The minimum absolute atomic E-state index is 0.0503. The second-order valence-corrected chi connectivity index (χ2v) is 7.52. The summed E-state index contributed by atoms with van der Waals surface area (Å²) in [6.07, 6.45) is 4.04. The van der Waals surface area contributed by atoms with Crippen molar-refractivity contribution in [2.75, 3.05) is 26.7 Å². The first-order valence-electron chi connectivity index (χ1n) is 8.56. The van der Waals surface area contributed by atoms with Gasteiger partial charge in [0, 0.05) is 18.5 Å². The number of carbonyl (C=O) groups is 1. The molecule has 1 saturated heterocycles. The van der Waals surface area contributed by atoms with Crippen molar-refractivity contribution in [3.05, 3.63) is 29.0 Å². The summed E-state index contributed by atoms with van der Waals surface area (Å²) < 4.78 is 5.58. The lowest BCUT2D eigenvalue weighted by molar-refractivity contribution is -0.120. The zero-order chi connectivity index (χ0) is 16.9. The van der Waals surface area contributed by atoms with Crippen molar-refractivity contribution in [1.82, 2.24) is 15.2 Å². The Bertz CT molecular complexity index is 679. The fourth-order valence-electron chi connectivity index (χ4n) is 3.14. The Kier molecular flexibility index (Phi) is 5.68. The van der Waals surface area contributed by atoms with Crippen LogP contribution in [-0.2, 0) is 11.2 Å². The van der Waals surface area contributed by atoms with Crippen LogP contribution in [0.5, 0.6) is 0 Å². The van der Waals surface area contributed by atoms with Crippen LogP contribution in [0.15, 0.2) is 21.9 Å². The third-order valence-corrected chi connectivity index (χ3v) is 5.31. The largest absolute Gasteiger partial charge is 0.459 e. The van der Waals surface area contributed by atoms with Crippen LogP contribution in [0.2, 0.25) is 0 Å². The van der Waals surface area contributed by atoms with Crippen molar-refractivity contribution in [1.29, 1.82) is 0 Å². The Balaban J connectivity index is 1.49. The first kappa shape index (κ1) is 17.2. The summed E-state index contributed by atoms with van der Waals surface area (Å²) in [5, 5.41) is 5.84. The standard InChI is InChI=1S/C18H25N3O2S/c1-13-6-7-16(23-13)18-20-15(12-24-18)9-17(22)19-10-14-5-3-4-8-21(2)11-14/h6-7,12,14H,3-5,8-11H2,1-2H3,(H,19,22). The van der Waals surface area contributed by atoms with Crippen LogP contribution in [0.1, 0.15) is 30.7 Å². The molecular formula is C18H25N3O2S. The molecule has 0 bridgehead atoms. The average Bonchev–Trinajstić information content (AvgIpc) is 3.12. The normalized spacial score (nSPS) is 19.2. The first-order chi connectivity index (χ1) is 11.6. The Morgan fingerprint density at radius 2 is 2.33 bits per heavy atom. The van der Waals surface area contributed by atoms with Gasteiger partial charge in [-0.25, -0.2) is 4.98 Å². The van der Waals surface area contributed by atoms with Gasteiger partial charge in [0.05, 0.1) is 12.1 Å². The van der Waals surface area contributed by atoms with Crippen LogP contribution in [-0.4, -0.2) is 42.5 Å². The lowest BCUT2D eigenvalue weighted by atomic mass is 10.0. The molecule has 3 rings (SSSR count). The van der Waals surface area contributed by atoms with E-state index in [-0.39, 0.29) is 5.91 Å². The summed E-state index contributed by atoms with van der Waals surface area (Å²) >= 11 is 1.52. The van der Waals surface area contributed by atoms with Gasteiger partial charge in [-0.1, -0.05) is 6.42 Å². The number of likely N-dealkylation sites (tertiary alicyclic amines) is 1. The number of amides is 1. The third kappa shape index (κ3) is 4.68. The summed E-state index contributed by atoms with van der Waals surface area (Å²) in [6, 6.07) is 3.84. The summed E-state index contributed by atoms with van der Waals surface area (Å²) in [5.41, 5.74) is 0.805. The zero-order valence-electron chi connectivity index (χ0n) is 14.4.